The summed E-state index contributed by atoms with van der Waals surface area (Å²) in [6, 6.07) is 19.4. The van der Waals surface area contributed by atoms with Gasteiger partial charge in [-0.1, -0.05) is 59.9 Å². The Bertz CT molecular complexity index is 754. The summed E-state index contributed by atoms with van der Waals surface area (Å²) in [7, 11) is 0. The number of nitrogens with zero attached hydrogens (tertiary/aromatic N) is 3. The Balaban J connectivity index is 1.79. The molecule has 0 saturated heterocycles. The molecule has 2 aromatic carbocycles. The van der Waals surface area contributed by atoms with Gasteiger partial charge in [0, 0.05) is 11.4 Å². The molecule has 7 heteroatoms. The molecule has 0 saturated carbocycles. The molecule has 0 aliphatic rings. The molecule has 1 aromatic heterocycles. The van der Waals surface area contributed by atoms with Crippen molar-refractivity contribution in [3.63, 3.8) is 0 Å². The smallest absolute Gasteiger partial charge is 0.241 e. The van der Waals surface area contributed by atoms with Crippen LogP contribution in [-0.2, 0) is 4.79 Å². The van der Waals surface area contributed by atoms with E-state index in [1.54, 1.807) is 4.90 Å². The van der Waals surface area contributed by atoms with Gasteiger partial charge in [-0.25, -0.2) is 4.98 Å². The van der Waals surface area contributed by atoms with Crippen LogP contribution in [0.1, 0.15) is 0 Å². The number of benzene rings is 2. The highest BCUT2D eigenvalue weighted by Gasteiger charge is 2.18. The highest BCUT2D eigenvalue weighted by atomic mass is 32.2. The zero-order valence-corrected chi connectivity index (χ0v) is 15.4. The molecule has 122 valence electrons. The second-order valence-electron chi connectivity index (χ2n) is 4.74. The summed E-state index contributed by atoms with van der Waals surface area (Å²) < 4.78 is 5.04. The van der Waals surface area contributed by atoms with E-state index in [4.69, 9.17) is 0 Å². The molecule has 0 N–H and O–H groups in total. The molecule has 0 spiro atoms. The fourth-order valence-corrected chi connectivity index (χ4v) is 4.18. The number of para-hydroxylation sites is 2. The number of thioether (sulfide) groups is 2. The van der Waals surface area contributed by atoms with E-state index >= 15 is 0 Å². The Kier molecular flexibility index (Phi) is 5.90. The van der Waals surface area contributed by atoms with Gasteiger partial charge in [0.05, 0.1) is 5.75 Å². The lowest BCUT2D eigenvalue weighted by molar-refractivity contribution is -0.115. The Morgan fingerprint density at radius 2 is 1.62 bits per heavy atom. The second-order valence-corrected chi connectivity index (χ2v) is 7.48. The topological polar surface area (TPSA) is 46.1 Å². The van der Waals surface area contributed by atoms with E-state index in [0.717, 1.165) is 20.9 Å². The standard InChI is InChI=1S/C17H15N3OS3/c1-22-16-18-17(24-19-16)23-12-15(21)20(13-8-4-2-5-9-13)14-10-6-3-7-11-14/h2-11H,12H2,1H3. The number of hydrogen-bond acceptors (Lipinski definition) is 6. The number of anilines is 2. The monoisotopic (exact) mass is 373 g/mol. The highest BCUT2D eigenvalue weighted by Crippen LogP contribution is 2.28. The number of rotatable bonds is 6. The van der Waals surface area contributed by atoms with E-state index in [9.17, 15) is 4.79 Å². The van der Waals surface area contributed by atoms with Crippen LogP contribution in [0.5, 0.6) is 0 Å². The third-order valence-electron chi connectivity index (χ3n) is 3.17. The van der Waals surface area contributed by atoms with E-state index in [2.05, 4.69) is 9.36 Å². The second kappa shape index (κ2) is 8.32. The highest BCUT2D eigenvalue weighted by molar-refractivity contribution is 8.01. The summed E-state index contributed by atoms with van der Waals surface area (Å²) >= 11 is 4.26. The summed E-state index contributed by atoms with van der Waals surface area (Å²) in [6.07, 6.45) is 1.94. The maximum atomic E-state index is 12.9. The van der Waals surface area contributed by atoms with Crippen LogP contribution in [0, 0.1) is 0 Å². The van der Waals surface area contributed by atoms with Gasteiger partial charge in [-0.05, 0) is 42.1 Å². The molecule has 0 aliphatic heterocycles. The van der Waals surface area contributed by atoms with Crippen LogP contribution >= 0.6 is 35.1 Å². The van der Waals surface area contributed by atoms with E-state index in [1.807, 2.05) is 66.9 Å². The van der Waals surface area contributed by atoms with Gasteiger partial charge in [-0.3, -0.25) is 9.69 Å². The molecular formula is C17H15N3OS3. The molecule has 0 atom stereocenters. The fourth-order valence-electron chi connectivity index (χ4n) is 2.12. The largest absolute Gasteiger partial charge is 0.280 e. The Hall–Kier alpha value is -1.83. The van der Waals surface area contributed by atoms with Crippen molar-refractivity contribution < 1.29 is 4.79 Å². The third kappa shape index (κ3) is 4.17. The van der Waals surface area contributed by atoms with Gasteiger partial charge in [0.15, 0.2) is 4.34 Å². The summed E-state index contributed by atoms with van der Waals surface area (Å²) in [4.78, 5) is 19.0. The van der Waals surface area contributed by atoms with Crippen LogP contribution in [0.2, 0.25) is 0 Å². The van der Waals surface area contributed by atoms with Crippen LogP contribution in [0.15, 0.2) is 70.2 Å². The van der Waals surface area contributed by atoms with E-state index in [-0.39, 0.29) is 5.91 Å². The van der Waals surface area contributed by atoms with E-state index in [0.29, 0.717) is 5.75 Å². The van der Waals surface area contributed by atoms with Crippen molar-refractivity contribution in [2.24, 2.45) is 0 Å². The lowest BCUT2D eigenvalue weighted by Gasteiger charge is -2.22. The average molecular weight is 374 g/mol. The number of aromatic nitrogens is 2. The number of carbonyl (C=O) groups is 1. The minimum Gasteiger partial charge on any atom is -0.280 e. The lowest BCUT2D eigenvalue weighted by Crippen LogP contribution is -2.27. The maximum absolute atomic E-state index is 12.9. The Morgan fingerprint density at radius 3 is 2.12 bits per heavy atom. The predicted octanol–water partition coefficient (Wildman–Crippen LogP) is 4.72. The molecule has 1 heterocycles. The summed E-state index contributed by atoms with van der Waals surface area (Å²) in [5.41, 5.74) is 1.72. The molecule has 0 radical (unpaired) electrons. The predicted molar refractivity (Wildman–Crippen MR) is 102 cm³/mol. The first kappa shape index (κ1) is 17.0. The number of hydrogen-bond donors (Lipinski definition) is 0. The molecule has 0 bridgehead atoms. The van der Waals surface area contributed by atoms with Gasteiger partial charge >= 0.3 is 0 Å². The Morgan fingerprint density at radius 1 is 1.04 bits per heavy atom. The van der Waals surface area contributed by atoms with Crippen LogP contribution in [-0.4, -0.2) is 27.3 Å². The van der Waals surface area contributed by atoms with Crippen molar-refractivity contribution in [1.82, 2.24) is 9.36 Å². The van der Waals surface area contributed by atoms with Crippen LogP contribution < -0.4 is 4.90 Å². The molecule has 0 fully saturated rings. The maximum Gasteiger partial charge on any atom is 0.241 e. The molecule has 3 rings (SSSR count). The van der Waals surface area contributed by atoms with Gasteiger partial charge in [0.1, 0.15) is 0 Å². The van der Waals surface area contributed by atoms with Crippen molar-refractivity contribution in [3.05, 3.63) is 60.7 Å². The van der Waals surface area contributed by atoms with Gasteiger partial charge in [-0.2, -0.15) is 4.37 Å². The van der Waals surface area contributed by atoms with Crippen molar-refractivity contribution in [2.45, 2.75) is 9.50 Å². The van der Waals surface area contributed by atoms with Crippen LogP contribution in [0.3, 0.4) is 0 Å². The van der Waals surface area contributed by atoms with Crippen molar-refractivity contribution >= 4 is 52.3 Å². The lowest BCUT2D eigenvalue weighted by atomic mass is 10.2. The molecule has 3 aromatic rings. The molecule has 24 heavy (non-hydrogen) atoms. The fraction of sp³-hybridized carbons (Fsp3) is 0.118. The van der Waals surface area contributed by atoms with E-state index in [1.165, 1.54) is 35.1 Å². The number of amides is 1. The zero-order chi connectivity index (χ0) is 16.8. The first-order valence-corrected chi connectivity index (χ1v) is 10.2. The SMILES string of the molecule is CSc1nsc(SCC(=O)N(c2ccccc2)c2ccccc2)n1. The molecule has 4 nitrogen and oxygen atoms in total. The summed E-state index contributed by atoms with van der Waals surface area (Å²) in [6.45, 7) is 0. The minimum absolute atomic E-state index is 0.0123. The molecule has 1 amide bonds. The van der Waals surface area contributed by atoms with Crippen LogP contribution in [0.25, 0.3) is 0 Å². The summed E-state index contributed by atoms with van der Waals surface area (Å²) in [5, 5.41) is 0.748. The zero-order valence-electron chi connectivity index (χ0n) is 13.0. The molecule has 0 unspecified atom stereocenters. The van der Waals surface area contributed by atoms with Crippen LogP contribution in [0.4, 0.5) is 11.4 Å². The third-order valence-corrected chi connectivity index (χ3v) is 5.65. The van der Waals surface area contributed by atoms with Gasteiger partial charge in [-0.15, -0.1) is 0 Å². The first-order valence-electron chi connectivity index (χ1n) is 7.21. The van der Waals surface area contributed by atoms with Crippen molar-refractivity contribution in [3.8, 4) is 0 Å². The molecule has 0 aliphatic carbocycles. The Labute approximate surface area is 153 Å². The first-order chi connectivity index (χ1) is 11.8. The summed E-state index contributed by atoms with van der Waals surface area (Å²) in [5.74, 6) is 0.325. The average Bonchev–Trinajstić information content (AvgIpc) is 3.10. The van der Waals surface area contributed by atoms with Gasteiger partial charge in [0.25, 0.3) is 0 Å². The quantitative estimate of drug-likeness (QED) is 0.585. The normalized spacial score (nSPS) is 10.5. The number of carbonyl (C=O) groups excluding carboxylic acids is 1. The van der Waals surface area contributed by atoms with Gasteiger partial charge in [0.2, 0.25) is 11.1 Å². The minimum atomic E-state index is 0.0123. The van der Waals surface area contributed by atoms with E-state index < -0.39 is 0 Å². The molecular weight excluding hydrogens is 358 g/mol. The van der Waals surface area contributed by atoms with Gasteiger partial charge < -0.3 is 0 Å². The van der Waals surface area contributed by atoms with Crippen molar-refractivity contribution in [1.29, 1.82) is 0 Å². The van der Waals surface area contributed by atoms with Crippen molar-refractivity contribution in [2.75, 3.05) is 16.9 Å².